The van der Waals surface area contributed by atoms with Gasteiger partial charge in [-0.3, -0.25) is 0 Å². The number of nitrogens with one attached hydrogen (secondary N) is 2. The SMILES string of the molecule is CCNC(=NCc1nncn1CC)N1CCC(NC(=O)OC(C)(C)C)C1. The van der Waals surface area contributed by atoms with Crippen molar-refractivity contribution in [2.24, 2.45) is 4.99 Å². The van der Waals surface area contributed by atoms with Crippen LogP contribution >= 0.6 is 0 Å². The smallest absolute Gasteiger partial charge is 0.407 e. The van der Waals surface area contributed by atoms with Crippen molar-refractivity contribution < 1.29 is 9.53 Å². The second kappa shape index (κ2) is 8.86. The minimum atomic E-state index is -0.492. The molecule has 2 rings (SSSR count). The van der Waals surface area contributed by atoms with Gasteiger partial charge in [-0.05, 0) is 41.0 Å². The molecular weight excluding hydrogens is 334 g/mol. The highest BCUT2D eigenvalue weighted by Crippen LogP contribution is 2.12. The highest BCUT2D eigenvalue weighted by molar-refractivity contribution is 5.80. The topological polar surface area (TPSA) is 96.7 Å². The summed E-state index contributed by atoms with van der Waals surface area (Å²) in [6.07, 6.45) is 2.20. The van der Waals surface area contributed by atoms with Crippen molar-refractivity contribution in [2.75, 3.05) is 19.6 Å². The Morgan fingerprint density at radius 3 is 2.85 bits per heavy atom. The van der Waals surface area contributed by atoms with Gasteiger partial charge in [-0.25, -0.2) is 9.79 Å². The fraction of sp³-hybridized carbons (Fsp3) is 0.765. The van der Waals surface area contributed by atoms with Gasteiger partial charge in [0.05, 0.1) is 6.04 Å². The second-order valence-corrected chi connectivity index (χ2v) is 7.28. The van der Waals surface area contributed by atoms with E-state index in [9.17, 15) is 4.79 Å². The van der Waals surface area contributed by atoms with E-state index in [1.54, 1.807) is 6.33 Å². The third kappa shape index (κ3) is 5.89. The molecule has 9 heteroatoms. The number of rotatable bonds is 5. The molecule has 1 saturated heterocycles. The van der Waals surface area contributed by atoms with Crippen molar-refractivity contribution in [3.05, 3.63) is 12.2 Å². The van der Waals surface area contributed by atoms with Crippen molar-refractivity contribution in [1.29, 1.82) is 0 Å². The molecule has 1 fully saturated rings. The van der Waals surface area contributed by atoms with Gasteiger partial charge in [0.1, 0.15) is 18.5 Å². The molecule has 0 aliphatic carbocycles. The number of carbonyl (C=O) groups excluding carboxylic acids is 1. The molecule has 0 radical (unpaired) electrons. The van der Waals surface area contributed by atoms with Crippen LogP contribution in [0.15, 0.2) is 11.3 Å². The zero-order valence-corrected chi connectivity index (χ0v) is 16.4. The lowest BCUT2D eigenvalue weighted by Gasteiger charge is -2.23. The third-order valence-electron chi connectivity index (χ3n) is 3.95. The van der Waals surface area contributed by atoms with Gasteiger partial charge >= 0.3 is 6.09 Å². The number of carbonyl (C=O) groups is 1. The second-order valence-electron chi connectivity index (χ2n) is 7.28. The molecule has 9 nitrogen and oxygen atoms in total. The van der Waals surface area contributed by atoms with Crippen LogP contribution < -0.4 is 10.6 Å². The van der Waals surface area contributed by atoms with Gasteiger partial charge < -0.3 is 24.8 Å². The first-order valence-corrected chi connectivity index (χ1v) is 9.21. The summed E-state index contributed by atoms with van der Waals surface area (Å²) >= 11 is 0. The third-order valence-corrected chi connectivity index (χ3v) is 3.95. The first-order valence-electron chi connectivity index (χ1n) is 9.21. The molecule has 2 heterocycles. The summed E-state index contributed by atoms with van der Waals surface area (Å²) in [6, 6.07) is 0.0491. The van der Waals surface area contributed by atoms with Gasteiger partial charge in [-0.15, -0.1) is 10.2 Å². The van der Waals surface area contributed by atoms with E-state index < -0.39 is 5.60 Å². The molecule has 1 amide bonds. The highest BCUT2D eigenvalue weighted by atomic mass is 16.6. The maximum Gasteiger partial charge on any atom is 0.407 e. The number of alkyl carbamates (subject to hydrolysis) is 1. The summed E-state index contributed by atoms with van der Waals surface area (Å²) in [5.41, 5.74) is -0.492. The predicted octanol–water partition coefficient (Wildman–Crippen LogP) is 1.36. The lowest BCUT2D eigenvalue weighted by Crippen LogP contribution is -2.44. The van der Waals surface area contributed by atoms with Gasteiger partial charge in [-0.1, -0.05) is 0 Å². The number of hydrogen-bond donors (Lipinski definition) is 2. The molecule has 0 spiro atoms. The van der Waals surface area contributed by atoms with Crippen LogP contribution in [0.2, 0.25) is 0 Å². The number of aryl methyl sites for hydroxylation is 1. The standard InChI is InChI=1S/C17H31N7O2/c1-6-18-15(19-10-14-22-20-12-23(14)7-2)24-9-8-13(11-24)21-16(25)26-17(3,4)5/h12-13H,6-11H2,1-5H3,(H,18,19)(H,21,25). The molecule has 1 atom stereocenters. The van der Waals surface area contributed by atoms with E-state index in [-0.39, 0.29) is 12.1 Å². The minimum absolute atomic E-state index is 0.0491. The lowest BCUT2D eigenvalue weighted by atomic mass is 10.2. The Kier molecular flexibility index (Phi) is 6.82. The fourth-order valence-corrected chi connectivity index (χ4v) is 2.78. The van der Waals surface area contributed by atoms with Crippen molar-refractivity contribution in [3.8, 4) is 0 Å². The quantitative estimate of drug-likeness (QED) is 0.604. The Balaban J connectivity index is 1.94. The molecule has 0 aromatic carbocycles. The number of amides is 1. The Morgan fingerprint density at radius 2 is 2.19 bits per heavy atom. The van der Waals surface area contributed by atoms with E-state index in [0.29, 0.717) is 13.1 Å². The summed E-state index contributed by atoms with van der Waals surface area (Å²) in [5, 5.41) is 14.3. The van der Waals surface area contributed by atoms with E-state index >= 15 is 0 Å². The van der Waals surface area contributed by atoms with Crippen molar-refractivity contribution in [3.63, 3.8) is 0 Å². The molecule has 1 aromatic rings. The fourth-order valence-electron chi connectivity index (χ4n) is 2.78. The van der Waals surface area contributed by atoms with Crippen LogP contribution in [0.1, 0.15) is 46.9 Å². The first kappa shape index (κ1) is 20.0. The van der Waals surface area contributed by atoms with Crippen molar-refractivity contribution in [2.45, 2.75) is 65.8 Å². The highest BCUT2D eigenvalue weighted by Gasteiger charge is 2.27. The lowest BCUT2D eigenvalue weighted by molar-refractivity contribution is 0.0507. The summed E-state index contributed by atoms with van der Waals surface area (Å²) in [5.74, 6) is 1.66. The molecule has 1 aliphatic heterocycles. The summed E-state index contributed by atoms with van der Waals surface area (Å²) in [6.45, 7) is 13.3. The maximum absolute atomic E-state index is 12.0. The molecular formula is C17H31N7O2. The van der Waals surface area contributed by atoms with Crippen LogP contribution in [0.4, 0.5) is 4.79 Å². The Bertz CT molecular complexity index is 621. The maximum atomic E-state index is 12.0. The van der Waals surface area contributed by atoms with Gasteiger partial charge in [0.15, 0.2) is 11.8 Å². The Morgan fingerprint density at radius 1 is 1.42 bits per heavy atom. The average molecular weight is 365 g/mol. The molecule has 1 unspecified atom stereocenters. The normalized spacial score (nSPS) is 18.1. The number of guanidine groups is 1. The van der Waals surface area contributed by atoms with Crippen molar-refractivity contribution in [1.82, 2.24) is 30.3 Å². The van der Waals surface area contributed by atoms with Crippen LogP contribution in [0.3, 0.4) is 0 Å². The molecule has 1 aromatic heterocycles. The van der Waals surface area contributed by atoms with Crippen LogP contribution in [0.25, 0.3) is 0 Å². The monoisotopic (exact) mass is 365 g/mol. The number of aliphatic imine (C=N–C) groups is 1. The van der Waals surface area contributed by atoms with Crippen LogP contribution in [-0.4, -0.2) is 63.0 Å². The van der Waals surface area contributed by atoms with Crippen molar-refractivity contribution >= 4 is 12.1 Å². The number of aromatic nitrogens is 3. The largest absolute Gasteiger partial charge is 0.444 e. The van der Waals surface area contributed by atoms with E-state index in [1.807, 2.05) is 32.3 Å². The summed E-state index contributed by atoms with van der Waals surface area (Å²) in [7, 11) is 0. The first-order chi connectivity index (χ1) is 12.3. The van der Waals surface area contributed by atoms with Crippen LogP contribution in [0.5, 0.6) is 0 Å². The van der Waals surface area contributed by atoms with Gasteiger partial charge in [-0.2, -0.15) is 0 Å². The van der Waals surface area contributed by atoms with E-state index in [1.165, 1.54) is 0 Å². The van der Waals surface area contributed by atoms with Gasteiger partial charge in [0.25, 0.3) is 0 Å². The number of ether oxygens (including phenoxy) is 1. The van der Waals surface area contributed by atoms with Crippen LogP contribution in [0, 0.1) is 0 Å². The van der Waals surface area contributed by atoms with Gasteiger partial charge in [0, 0.05) is 26.2 Å². The molecule has 146 valence electrons. The number of likely N-dealkylation sites (tertiary alicyclic amines) is 1. The van der Waals surface area contributed by atoms with Crippen LogP contribution in [-0.2, 0) is 17.8 Å². The molecule has 2 N–H and O–H groups in total. The van der Waals surface area contributed by atoms with E-state index in [4.69, 9.17) is 4.74 Å². The molecule has 0 bridgehead atoms. The predicted molar refractivity (Wildman–Crippen MR) is 99.9 cm³/mol. The van der Waals surface area contributed by atoms with E-state index in [2.05, 4.69) is 37.6 Å². The number of hydrogen-bond acceptors (Lipinski definition) is 5. The Labute approximate surface area is 155 Å². The Hall–Kier alpha value is -2.32. The molecule has 1 aliphatic rings. The zero-order valence-electron chi connectivity index (χ0n) is 16.4. The van der Waals surface area contributed by atoms with Gasteiger partial charge in [0.2, 0.25) is 0 Å². The zero-order chi connectivity index (χ0) is 19.2. The minimum Gasteiger partial charge on any atom is -0.444 e. The molecule has 26 heavy (non-hydrogen) atoms. The summed E-state index contributed by atoms with van der Waals surface area (Å²) in [4.78, 5) is 18.8. The molecule has 0 saturated carbocycles. The number of nitrogens with zero attached hydrogens (tertiary/aromatic N) is 5. The van der Waals surface area contributed by atoms with E-state index in [0.717, 1.165) is 37.8 Å². The average Bonchev–Trinajstić information content (AvgIpc) is 3.18. The summed E-state index contributed by atoms with van der Waals surface area (Å²) < 4.78 is 7.31.